The molecule has 3 heterocycles. The van der Waals surface area contributed by atoms with Crippen molar-refractivity contribution in [1.29, 1.82) is 0 Å². The summed E-state index contributed by atoms with van der Waals surface area (Å²) in [6.07, 6.45) is 2.07. The van der Waals surface area contributed by atoms with Gasteiger partial charge in [0.2, 0.25) is 5.91 Å². The van der Waals surface area contributed by atoms with Crippen molar-refractivity contribution in [1.82, 2.24) is 20.1 Å². The van der Waals surface area contributed by atoms with E-state index in [9.17, 15) is 4.79 Å². The molecule has 0 radical (unpaired) electrons. The van der Waals surface area contributed by atoms with Crippen LogP contribution in [0.2, 0.25) is 0 Å². The van der Waals surface area contributed by atoms with E-state index >= 15 is 0 Å². The van der Waals surface area contributed by atoms with Gasteiger partial charge in [-0.1, -0.05) is 0 Å². The number of hydrogen-bond acceptors (Lipinski definition) is 5. The summed E-state index contributed by atoms with van der Waals surface area (Å²) in [6, 6.07) is 0. The average molecular weight is 308 g/mol. The number of piperazine rings is 1. The number of hydrogen-bond donors (Lipinski definition) is 1. The maximum Gasteiger partial charge on any atom is 0.242 e. The van der Waals surface area contributed by atoms with Crippen LogP contribution in [0, 0.1) is 6.92 Å². The van der Waals surface area contributed by atoms with Gasteiger partial charge in [0.25, 0.3) is 0 Å². The molecule has 21 heavy (non-hydrogen) atoms. The Balaban J connectivity index is 1.52. The van der Waals surface area contributed by atoms with E-state index < -0.39 is 0 Å². The molecule has 2 fully saturated rings. The van der Waals surface area contributed by atoms with Crippen LogP contribution in [-0.2, 0) is 11.3 Å². The van der Waals surface area contributed by atoms with Gasteiger partial charge in [-0.25, -0.2) is 4.98 Å². The number of amides is 1. The highest BCUT2D eigenvalue weighted by atomic mass is 32.1. The molecule has 0 spiro atoms. The SMILES string of the molecule is Cc1nc(CN2CCN(C(=O)C3(C)CCCN3)CC2)cs1. The lowest BCUT2D eigenvalue weighted by molar-refractivity contribution is -0.139. The second kappa shape index (κ2) is 6.02. The Morgan fingerprint density at radius 2 is 2.19 bits per heavy atom. The monoisotopic (exact) mass is 308 g/mol. The summed E-state index contributed by atoms with van der Waals surface area (Å²) in [5, 5.41) is 6.63. The molecule has 2 saturated heterocycles. The van der Waals surface area contributed by atoms with Gasteiger partial charge in [-0.2, -0.15) is 0 Å². The van der Waals surface area contributed by atoms with Crippen LogP contribution in [0.1, 0.15) is 30.5 Å². The lowest BCUT2D eigenvalue weighted by atomic mass is 9.98. The molecular weight excluding hydrogens is 284 g/mol. The zero-order chi connectivity index (χ0) is 14.9. The summed E-state index contributed by atoms with van der Waals surface area (Å²) >= 11 is 1.70. The van der Waals surface area contributed by atoms with E-state index in [1.54, 1.807) is 11.3 Å². The molecule has 3 rings (SSSR count). The second-order valence-electron chi connectivity index (χ2n) is 6.29. The molecule has 0 saturated carbocycles. The number of carbonyl (C=O) groups excluding carboxylic acids is 1. The van der Waals surface area contributed by atoms with Crippen molar-refractivity contribution in [2.75, 3.05) is 32.7 Å². The minimum absolute atomic E-state index is 0.282. The van der Waals surface area contributed by atoms with Gasteiger partial charge in [-0.3, -0.25) is 9.69 Å². The van der Waals surface area contributed by atoms with E-state index in [1.165, 1.54) is 0 Å². The lowest BCUT2D eigenvalue weighted by Gasteiger charge is -2.38. The first-order valence-electron chi connectivity index (χ1n) is 7.75. The van der Waals surface area contributed by atoms with E-state index in [0.29, 0.717) is 0 Å². The molecule has 1 atom stereocenters. The van der Waals surface area contributed by atoms with Gasteiger partial charge >= 0.3 is 0 Å². The Bertz CT molecular complexity index is 502. The smallest absolute Gasteiger partial charge is 0.242 e. The fourth-order valence-electron chi connectivity index (χ4n) is 3.25. The molecule has 5 nitrogen and oxygen atoms in total. The van der Waals surface area contributed by atoms with Crippen LogP contribution in [0.25, 0.3) is 0 Å². The van der Waals surface area contributed by atoms with Crippen LogP contribution in [0.15, 0.2) is 5.38 Å². The van der Waals surface area contributed by atoms with Crippen molar-refractivity contribution in [2.24, 2.45) is 0 Å². The van der Waals surface area contributed by atoms with Crippen molar-refractivity contribution in [3.8, 4) is 0 Å². The molecule has 1 unspecified atom stereocenters. The van der Waals surface area contributed by atoms with Crippen molar-refractivity contribution in [2.45, 2.75) is 38.8 Å². The van der Waals surface area contributed by atoms with E-state index in [0.717, 1.165) is 62.8 Å². The molecule has 1 N–H and O–H groups in total. The third kappa shape index (κ3) is 3.27. The highest BCUT2D eigenvalue weighted by molar-refractivity contribution is 7.09. The van der Waals surface area contributed by atoms with Crippen molar-refractivity contribution < 1.29 is 4.79 Å². The molecule has 0 bridgehead atoms. The number of nitrogens with zero attached hydrogens (tertiary/aromatic N) is 3. The Kier molecular flexibility index (Phi) is 4.28. The summed E-state index contributed by atoms with van der Waals surface area (Å²) < 4.78 is 0. The van der Waals surface area contributed by atoms with Crippen LogP contribution < -0.4 is 5.32 Å². The Labute approximate surface area is 130 Å². The van der Waals surface area contributed by atoms with Crippen molar-refractivity contribution >= 4 is 17.2 Å². The highest BCUT2D eigenvalue weighted by Gasteiger charge is 2.39. The molecule has 1 aromatic heterocycles. The van der Waals surface area contributed by atoms with Crippen LogP contribution >= 0.6 is 11.3 Å². The standard InChI is InChI=1S/C15H24N4OS/c1-12-17-13(11-21-12)10-18-6-8-19(9-7-18)14(20)15(2)4-3-5-16-15/h11,16H,3-10H2,1-2H3. The molecule has 6 heteroatoms. The first-order valence-corrected chi connectivity index (χ1v) is 8.62. The Morgan fingerprint density at radius 1 is 1.43 bits per heavy atom. The number of rotatable bonds is 3. The van der Waals surface area contributed by atoms with Crippen LogP contribution in [-0.4, -0.2) is 59.0 Å². The van der Waals surface area contributed by atoms with Crippen molar-refractivity contribution in [3.05, 3.63) is 16.1 Å². The Morgan fingerprint density at radius 3 is 2.76 bits per heavy atom. The number of aryl methyl sites for hydroxylation is 1. The van der Waals surface area contributed by atoms with E-state index in [2.05, 4.69) is 20.6 Å². The maximum atomic E-state index is 12.6. The topological polar surface area (TPSA) is 48.5 Å². The van der Waals surface area contributed by atoms with E-state index in [-0.39, 0.29) is 11.4 Å². The van der Waals surface area contributed by atoms with Crippen LogP contribution in [0.4, 0.5) is 0 Å². The van der Waals surface area contributed by atoms with E-state index in [1.807, 2.05) is 18.7 Å². The van der Waals surface area contributed by atoms with Gasteiger partial charge in [-0.05, 0) is 33.2 Å². The molecular formula is C15H24N4OS. The molecule has 2 aliphatic heterocycles. The molecule has 1 amide bonds. The maximum absolute atomic E-state index is 12.6. The molecule has 116 valence electrons. The largest absolute Gasteiger partial charge is 0.339 e. The minimum Gasteiger partial charge on any atom is -0.339 e. The summed E-state index contributed by atoms with van der Waals surface area (Å²) in [5.74, 6) is 0.282. The first kappa shape index (κ1) is 14.9. The third-order valence-electron chi connectivity index (χ3n) is 4.55. The van der Waals surface area contributed by atoms with Crippen LogP contribution in [0.5, 0.6) is 0 Å². The van der Waals surface area contributed by atoms with Gasteiger partial charge in [0.05, 0.1) is 16.2 Å². The predicted octanol–water partition coefficient (Wildman–Crippen LogP) is 1.24. The quantitative estimate of drug-likeness (QED) is 0.913. The van der Waals surface area contributed by atoms with Crippen molar-refractivity contribution in [3.63, 3.8) is 0 Å². The average Bonchev–Trinajstić information content (AvgIpc) is 3.09. The summed E-state index contributed by atoms with van der Waals surface area (Å²) in [4.78, 5) is 21.6. The number of aromatic nitrogens is 1. The number of carbonyl (C=O) groups is 1. The lowest BCUT2D eigenvalue weighted by Crippen LogP contribution is -2.57. The second-order valence-corrected chi connectivity index (χ2v) is 7.35. The zero-order valence-corrected chi connectivity index (χ0v) is 13.7. The predicted molar refractivity (Wildman–Crippen MR) is 84.3 cm³/mol. The molecule has 2 aliphatic rings. The summed E-state index contributed by atoms with van der Waals surface area (Å²) in [5.41, 5.74) is 0.829. The minimum atomic E-state index is -0.325. The first-order chi connectivity index (χ1) is 10.1. The normalized spacial score (nSPS) is 27.2. The number of nitrogens with one attached hydrogen (secondary N) is 1. The number of thiazole rings is 1. The van der Waals surface area contributed by atoms with Crippen LogP contribution in [0.3, 0.4) is 0 Å². The molecule has 0 aromatic carbocycles. The summed E-state index contributed by atoms with van der Waals surface area (Å²) in [7, 11) is 0. The van der Waals surface area contributed by atoms with E-state index in [4.69, 9.17) is 0 Å². The fourth-order valence-corrected chi connectivity index (χ4v) is 3.85. The van der Waals surface area contributed by atoms with Gasteiger partial charge in [-0.15, -0.1) is 11.3 Å². The fraction of sp³-hybridized carbons (Fsp3) is 0.733. The summed E-state index contributed by atoms with van der Waals surface area (Å²) in [6.45, 7) is 9.51. The Hall–Kier alpha value is -0.980. The van der Waals surface area contributed by atoms with Gasteiger partial charge in [0.15, 0.2) is 0 Å². The van der Waals surface area contributed by atoms with Gasteiger partial charge < -0.3 is 10.2 Å². The zero-order valence-electron chi connectivity index (χ0n) is 12.9. The van der Waals surface area contributed by atoms with Gasteiger partial charge in [0, 0.05) is 38.1 Å². The van der Waals surface area contributed by atoms with Gasteiger partial charge in [0.1, 0.15) is 0 Å². The molecule has 1 aromatic rings. The molecule has 0 aliphatic carbocycles. The third-order valence-corrected chi connectivity index (χ3v) is 5.37. The highest BCUT2D eigenvalue weighted by Crippen LogP contribution is 2.22.